The van der Waals surface area contributed by atoms with E-state index in [-0.39, 0.29) is 13.2 Å². The topological polar surface area (TPSA) is 70.6 Å². The average molecular weight is 321 g/mol. The van der Waals surface area contributed by atoms with Gasteiger partial charge in [0.15, 0.2) is 0 Å². The smallest absolute Gasteiger partial charge is 0.338 e. The number of amides is 2. The molecule has 0 saturated carbocycles. The maximum Gasteiger partial charge on any atom is 0.338 e. The number of carbonyl (C=O) groups excluding carboxylic acids is 1. The van der Waals surface area contributed by atoms with E-state index in [9.17, 15) is 9.90 Å². The van der Waals surface area contributed by atoms with Gasteiger partial charge >= 0.3 is 6.03 Å². The number of aliphatic hydroxyl groups is 1. The summed E-state index contributed by atoms with van der Waals surface area (Å²) in [5, 5.41) is 13.1. The summed E-state index contributed by atoms with van der Waals surface area (Å²) < 4.78 is 0. The molecule has 0 aromatic heterocycles. The lowest BCUT2D eigenvalue weighted by Gasteiger charge is -2.13. The summed E-state index contributed by atoms with van der Waals surface area (Å²) in [5.74, 6) is 0. The molecule has 0 aliphatic rings. The second-order valence-corrected chi connectivity index (χ2v) is 5.09. The molecule has 0 fully saturated rings. The molecule has 0 heterocycles. The van der Waals surface area contributed by atoms with Crippen molar-refractivity contribution in [1.29, 1.82) is 0 Å². The largest absolute Gasteiger partial charge is 0.387 e. The Bertz CT molecular complexity index is 590. The third kappa shape index (κ3) is 5.37. The van der Waals surface area contributed by atoms with Gasteiger partial charge in [0, 0.05) is 11.6 Å². The highest BCUT2D eigenvalue weighted by atomic mass is 35.5. The Morgan fingerprint density at radius 1 is 1.14 bits per heavy atom. The molecular weight excluding hydrogens is 304 g/mol. The molecular formula is C16H17ClN2O3. The molecule has 5 nitrogen and oxygen atoms in total. The normalized spacial score (nSPS) is 11.7. The van der Waals surface area contributed by atoms with E-state index in [2.05, 4.69) is 10.8 Å². The molecule has 2 rings (SSSR count). The van der Waals surface area contributed by atoms with E-state index < -0.39 is 12.1 Å². The van der Waals surface area contributed by atoms with Crippen molar-refractivity contribution >= 4 is 17.6 Å². The predicted octanol–water partition coefficient (Wildman–Crippen LogP) is 2.80. The Morgan fingerprint density at radius 3 is 2.50 bits per heavy atom. The third-order valence-electron chi connectivity index (χ3n) is 2.96. The van der Waals surface area contributed by atoms with Crippen LogP contribution in [-0.2, 0) is 11.4 Å². The Labute approximate surface area is 133 Å². The Hall–Kier alpha value is -2.08. The van der Waals surface area contributed by atoms with Crippen molar-refractivity contribution in [3.8, 4) is 0 Å². The van der Waals surface area contributed by atoms with E-state index in [1.54, 1.807) is 24.3 Å². The van der Waals surface area contributed by atoms with Crippen LogP contribution in [0.15, 0.2) is 54.6 Å². The van der Waals surface area contributed by atoms with Gasteiger partial charge in [0.2, 0.25) is 0 Å². The van der Waals surface area contributed by atoms with Crippen molar-refractivity contribution in [2.24, 2.45) is 0 Å². The Kier molecular flexibility index (Phi) is 6.21. The molecule has 116 valence electrons. The Morgan fingerprint density at radius 2 is 1.82 bits per heavy atom. The number of hydrogen-bond acceptors (Lipinski definition) is 3. The molecule has 2 amide bonds. The number of nitrogens with one attached hydrogen (secondary N) is 2. The van der Waals surface area contributed by atoms with E-state index in [0.717, 1.165) is 5.56 Å². The lowest BCUT2D eigenvalue weighted by atomic mass is 10.1. The van der Waals surface area contributed by atoms with E-state index in [4.69, 9.17) is 16.4 Å². The second kappa shape index (κ2) is 8.38. The minimum atomic E-state index is -0.808. The van der Waals surface area contributed by atoms with Crippen LogP contribution in [0.25, 0.3) is 0 Å². The first-order valence-corrected chi connectivity index (χ1v) is 7.16. The fourth-order valence-electron chi connectivity index (χ4n) is 1.79. The first-order valence-electron chi connectivity index (χ1n) is 6.78. The van der Waals surface area contributed by atoms with E-state index in [0.29, 0.717) is 10.6 Å². The van der Waals surface area contributed by atoms with Gasteiger partial charge in [-0.05, 0) is 23.3 Å². The molecule has 2 aromatic carbocycles. The van der Waals surface area contributed by atoms with Crippen LogP contribution < -0.4 is 10.8 Å². The molecule has 0 spiro atoms. The van der Waals surface area contributed by atoms with E-state index >= 15 is 0 Å². The van der Waals surface area contributed by atoms with Crippen molar-refractivity contribution < 1.29 is 14.7 Å². The van der Waals surface area contributed by atoms with Crippen molar-refractivity contribution in [1.82, 2.24) is 10.8 Å². The number of hydroxylamine groups is 1. The van der Waals surface area contributed by atoms with Crippen LogP contribution in [0.1, 0.15) is 17.2 Å². The highest BCUT2D eigenvalue weighted by Gasteiger charge is 2.09. The van der Waals surface area contributed by atoms with Gasteiger partial charge in [-0.25, -0.2) is 10.3 Å². The van der Waals surface area contributed by atoms with Crippen LogP contribution in [-0.4, -0.2) is 17.7 Å². The van der Waals surface area contributed by atoms with Crippen molar-refractivity contribution in [2.45, 2.75) is 12.7 Å². The molecule has 22 heavy (non-hydrogen) atoms. The first kappa shape index (κ1) is 16.3. The van der Waals surface area contributed by atoms with E-state index in [1.807, 2.05) is 30.3 Å². The van der Waals surface area contributed by atoms with Gasteiger partial charge in [0.25, 0.3) is 0 Å². The zero-order valence-electron chi connectivity index (χ0n) is 11.8. The molecule has 0 unspecified atom stereocenters. The molecule has 0 radical (unpaired) electrons. The van der Waals surface area contributed by atoms with Crippen LogP contribution in [0.4, 0.5) is 4.79 Å². The number of urea groups is 1. The summed E-state index contributed by atoms with van der Waals surface area (Å²) in [5.41, 5.74) is 3.89. The van der Waals surface area contributed by atoms with Gasteiger partial charge in [0.05, 0.1) is 12.7 Å². The van der Waals surface area contributed by atoms with Gasteiger partial charge in [-0.15, -0.1) is 0 Å². The SMILES string of the molecule is O=C(NC[C@@H](O)c1ccc(Cl)cc1)NOCc1ccccc1. The van der Waals surface area contributed by atoms with Crippen molar-refractivity contribution in [3.05, 3.63) is 70.7 Å². The maximum atomic E-state index is 11.5. The van der Waals surface area contributed by atoms with Gasteiger partial charge in [0.1, 0.15) is 0 Å². The summed E-state index contributed by atoms with van der Waals surface area (Å²) in [6.07, 6.45) is -0.808. The molecule has 1 atom stereocenters. The van der Waals surface area contributed by atoms with E-state index in [1.165, 1.54) is 0 Å². The average Bonchev–Trinajstić information content (AvgIpc) is 2.54. The highest BCUT2D eigenvalue weighted by molar-refractivity contribution is 6.30. The Balaban J connectivity index is 1.68. The summed E-state index contributed by atoms with van der Waals surface area (Å²) >= 11 is 5.77. The number of hydrogen-bond donors (Lipinski definition) is 3. The number of rotatable bonds is 6. The number of benzene rings is 2. The first-order chi connectivity index (χ1) is 10.6. The molecule has 0 bridgehead atoms. The van der Waals surface area contributed by atoms with Crippen molar-refractivity contribution in [3.63, 3.8) is 0 Å². The molecule has 3 N–H and O–H groups in total. The van der Waals surface area contributed by atoms with Crippen LogP contribution >= 0.6 is 11.6 Å². The zero-order valence-corrected chi connectivity index (χ0v) is 12.6. The van der Waals surface area contributed by atoms with Gasteiger partial charge in [-0.2, -0.15) is 0 Å². The lowest BCUT2D eigenvalue weighted by Crippen LogP contribution is -2.37. The third-order valence-corrected chi connectivity index (χ3v) is 3.21. The number of halogens is 1. The molecule has 0 aliphatic carbocycles. The fourth-order valence-corrected chi connectivity index (χ4v) is 1.91. The van der Waals surface area contributed by atoms with Gasteiger partial charge in [-0.1, -0.05) is 54.1 Å². The minimum Gasteiger partial charge on any atom is -0.387 e. The van der Waals surface area contributed by atoms with Gasteiger partial charge in [-0.3, -0.25) is 4.84 Å². The summed E-state index contributed by atoms with van der Waals surface area (Å²) in [4.78, 5) is 16.6. The quantitative estimate of drug-likeness (QED) is 0.717. The number of aliphatic hydroxyl groups excluding tert-OH is 1. The van der Waals surface area contributed by atoms with Crippen LogP contribution in [0.5, 0.6) is 0 Å². The highest BCUT2D eigenvalue weighted by Crippen LogP contribution is 2.15. The zero-order chi connectivity index (χ0) is 15.8. The molecule has 0 aliphatic heterocycles. The van der Waals surface area contributed by atoms with Crippen LogP contribution in [0, 0.1) is 0 Å². The standard InChI is InChI=1S/C16H17ClN2O3/c17-14-8-6-13(7-9-14)15(20)10-18-16(21)19-22-11-12-4-2-1-3-5-12/h1-9,15,20H,10-11H2,(H2,18,19,21)/t15-/m1/s1. The second-order valence-electron chi connectivity index (χ2n) is 4.65. The van der Waals surface area contributed by atoms with Gasteiger partial charge < -0.3 is 10.4 Å². The van der Waals surface area contributed by atoms with Crippen LogP contribution in [0.3, 0.4) is 0 Å². The summed E-state index contributed by atoms with van der Waals surface area (Å²) in [6, 6.07) is 15.7. The minimum absolute atomic E-state index is 0.0716. The summed E-state index contributed by atoms with van der Waals surface area (Å²) in [7, 11) is 0. The fraction of sp³-hybridized carbons (Fsp3) is 0.188. The monoisotopic (exact) mass is 320 g/mol. The lowest BCUT2D eigenvalue weighted by molar-refractivity contribution is 0.0477. The van der Waals surface area contributed by atoms with Crippen LogP contribution in [0.2, 0.25) is 5.02 Å². The predicted molar refractivity (Wildman–Crippen MR) is 84.2 cm³/mol. The maximum absolute atomic E-state index is 11.5. The molecule has 0 saturated heterocycles. The molecule has 6 heteroatoms. The summed E-state index contributed by atoms with van der Waals surface area (Å²) in [6.45, 7) is 0.343. The molecule has 2 aromatic rings. The number of carbonyl (C=O) groups is 1. The van der Waals surface area contributed by atoms with Crippen molar-refractivity contribution in [2.75, 3.05) is 6.54 Å².